The highest BCUT2D eigenvalue weighted by molar-refractivity contribution is 7.88. The summed E-state index contributed by atoms with van der Waals surface area (Å²) in [6.07, 6.45) is 2.28. The van der Waals surface area contributed by atoms with Gasteiger partial charge < -0.3 is 0 Å². The van der Waals surface area contributed by atoms with E-state index in [4.69, 9.17) is 11.6 Å². The van der Waals surface area contributed by atoms with Crippen LogP contribution >= 0.6 is 11.6 Å². The van der Waals surface area contributed by atoms with E-state index in [0.717, 1.165) is 17.3 Å². The van der Waals surface area contributed by atoms with Gasteiger partial charge in [0.2, 0.25) is 10.0 Å². The number of nitrogens with one attached hydrogen (secondary N) is 1. The van der Waals surface area contributed by atoms with Crippen molar-refractivity contribution in [3.8, 4) is 0 Å². The van der Waals surface area contributed by atoms with Crippen molar-refractivity contribution in [2.75, 3.05) is 6.54 Å². The second kappa shape index (κ2) is 6.76. The zero-order chi connectivity index (χ0) is 16.3. The third-order valence-corrected chi connectivity index (χ3v) is 5.04. The maximum Gasteiger partial charge on any atom is 0.215 e. The van der Waals surface area contributed by atoms with Crippen molar-refractivity contribution in [1.82, 2.24) is 14.5 Å². The summed E-state index contributed by atoms with van der Waals surface area (Å²) in [5.74, 6) is -0.804. The van der Waals surface area contributed by atoms with Crippen molar-refractivity contribution >= 4 is 21.6 Å². The summed E-state index contributed by atoms with van der Waals surface area (Å²) in [7, 11) is -1.66. The molecule has 1 heterocycles. The SMILES string of the molecule is Cc1c(CCNS(=O)(=O)Cc2ccc(F)c(Cl)c2)cnn1C. The fourth-order valence-corrected chi connectivity index (χ4v) is 3.37. The van der Waals surface area contributed by atoms with Gasteiger partial charge in [-0.1, -0.05) is 17.7 Å². The highest BCUT2D eigenvalue weighted by atomic mass is 35.5. The van der Waals surface area contributed by atoms with Crippen LogP contribution in [-0.2, 0) is 29.2 Å². The van der Waals surface area contributed by atoms with Crippen molar-refractivity contribution in [2.24, 2.45) is 7.05 Å². The molecule has 5 nitrogen and oxygen atoms in total. The minimum absolute atomic E-state index is 0.0846. The summed E-state index contributed by atoms with van der Waals surface area (Å²) in [4.78, 5) is 0. The highest BCUT2D eigenvalue weighted by Crippen LogP contribution is 2.17. The summed E-state index contributed by atoms with van der Waals surface area (Å²) in [6, 6.07) is 3.89. The normalized spacial score (nSPS) is 11.8. The quantitative estimate of drug-likeness (QED) is 0.872. The zero-order valence-electron chi connectivity index (χ0n) is 12.3. The molecule has 0 fully saturated rings. The fourth-order valence-electron chi connectivity index (χ4n) is 2.03. The van der Waals surface area contributed by atoms with E-state index in [9.17, 15) is 12.8 Å². The third-order valence-electron chi connectivity index (χ3n) is 3.39. The summed E-state index contributed by atoms with van der Waals surface area (Å²) in [5.41, 5.74) is 2.44. The number of rotatable bonds is 6. The molecule has 1 aromatic carbocycles. The van der Waals surface area contributed by atoms with Crippen LogP contribution < -0.4 is 4.72 Å². The van der Waals surface area contributed by atoms with Crippen LogP contribution in [0.5, 0.6) is 0 Å². The maximum absolute atomic E-state index is 13.1. The lowest BCUT2D eigenvalue weighted by Gasteiger charge is -2.07. The van der Waals surface area contributed by atoms with Crippen molar-refractivity contribution < 1.29 is 12.8 Å². The number of hydrogen-bond acceptors (Lipinski definition) is 3. The Morgan fingerprint density at radius 1 is 1.41 bits per heavy atom. The van der Waals surface area contributed by atoms with Crippen LogP contribution in [0.2, 0.25) is 5.02 Å². The number of sulfonamides is 1. The first kappa shape index (κ1) is 16.9. The number of benzene rings is 1. The summed E-state index contributed by atoms with van der Waals surface area (Å²) < 4.78 is 41.3. The molecule has 1 aromatic heterocycles. The Hall–Kier alpha value is -1.44. The molecule has 0 aliphatic rings. The molecule has 2 aromatic rings. The van der Waals surface area contributed by atoms with Gasteiger partial charge in [0, 0.05) is 19.3 Å². The highest BCUT2D eigenvalue weighted by Gasteiger charge is 2.13. The first-order valence-corrected chi connectivity index (χ1v) is 8.70. The molecule has 0 aliphatic heterocycles. The predicted octanol–water partition coefficient (Wildman–Crippen LogP) is 2.18. The fraction of sp³-hybridized carbons (Fsp3) is 0.357. The molecule has 0 saturated heterocycles. The van der Waals surface area contributed by atoms with Gasteiger partial charge in [0.1, 0.15) is 5.82 Å². The molecule has 0 spiro atoms. The smallest absolute Gasteiger partial charge is 0.215 e. The monoisotopic (exact) mass is 345 g/mol. The molecule has 0 amide bonds. The van der Waals surface area contributed by atoms with Crippen LogP contribution in [0.25, 0.3) is 0 Å². The average Bonchev–Trinajstić information content (AvgIpc) is 2.74. The van der Waals surface area contributed by atoms with Crippen LogP contribution in [0.3, 0.4) is 0 Å². The Bertz CT molecular complexity index is 774. The molecule has 0 saturated carbocycles. The van der Waals surface area contributed by atoms with E-state index in [1.807, 2.05) is 14.0 Å². The van der Waals surface area contributed by atoms with E-state index in [-0.39, 0.29) is 17.3 Å². The van der Waals surface area contributed by atoms with Crippen molar-refractivity contribution in [3.63, 3.8) is 0 Å². The summed E-state index contributed by atoms with van der Waals surface area (Å²) in [5, 5.41) is 4.02. The van der Waals surface area contributed by atoms with Crippen LogP contribution in [0.4, 0.5) is 4.39 Å². The van der Waals surface area contributed by atoms with Crippen LogP contribution in [0, 0.1) is 12.7 Å². The molecule has 0 bridgehead atoms. The summed E-state index contributed by atoms with van der Waals surface area (Å²) >= 11 is 5.65. The molecule has 120 valence electrons. The van der Waals surface area contributed by atoms with Gasteiger partial charge in [-0.2, -0.15) is 5.10 Å². The molecule has 2 rings (SSSR count). The zero-order valence-corrected chi connectivity index (χ0v) is 13.9. The molecule has 1 N–H and O–H groups in total. The van der Waals surface area contributed by atoms with Gasteiger partial charge in [-0.15, -0.1) is 0 Å². The van der Waals surface area contributed by atoms with E-state index >= 15 is 0 Å². The molecule has 0 atom stereocenters. The summed E-state index contributed by atoms with van der Waals surface area (Å²) in [6.45, 7) is 2.21. The lowest BCUT2D eigenvalue weighted by Crippen LogP contribution is -2.27. The van der Waals surface area contributed by atoms with E-state index < -0.39 is 15.8 Å². The first-order valence-electron chi connectivity index (χ1n) is 6.67. The van der Waals surface area contributed by atoms with E-state index in [2.05, 4.69) is 9.82 Å². The molecule has 0 radical (unpaired) electrons. The molecular formula is C14H17ClFN3O2S. The lowest BCUT2D eigenvalue weighted by atomic mass is 10.2. The van der Waals surface area contributed by atoms with Crippen LogP contribution in [0.1, 0.15) is 16.8 Å². The molecule has 0 aliphatic carbocycles. The number of nitrogens with zero attached hydrogens (tertiary/aromatic N) is 2. The van der Waals surface area contributed by atoms with Crippen LogP contribution in [-0.4, -0.2) is 24.7 Å². The second-order valence-electron chi connectivity index (χ2n) is 5.03. The number of aryl methyl sites for hydroxylation is 1. The van der Waals surface area contributed by atoms with Crippen LogP contribution in [0.15, 0.2) is 24.4 Å². The average molecular weight is 346 g/mol. The van der Waals surface area contributed by atoms with Gasteiger partial charge in [0.15, 0.2) is 0 Å². The van der Waals surface area contributed by atoms with Gasteiger partial charge in [-0.25, -0.2) is 17.5 Å². The Morgan fingerprint density at radius 2 is 2.14 bits per heavy atom. The standard InChI is InChI=1S/C14H17ClFN3O2S/c1-10-12(8-17-19(10)2)5-6-18-22(20,21)9-11-3-4-14(16)13(15)7-11/h3-4,7-8,18H,5-6,9H2,1-2H3. The Balaban J connectivity index is 1.93. The molecule has 8 heteroatoms. The van der Waals surface area contributed by atoms with Gasteiger partial charge in [-0.3, -0.25) is 4.68 Å². The van der Waals surface area contributed by atoms with Crippen molar-refractivity contribution in [2.45, 2.75) is 19.1 Å². The van der Waals surface area contributed by atoms with Gasteiger partial charge in [-0.05, 0) is 36.6 Å². The van der Waals surface area contributed by atoms with E-state index in [1.165, 1.54) is 12.1 Å². The lowest BCUT2D eigenvalue weighted by molar-refractivity contribution is 0.580. The topological polar surface area (TPSA) is 64.0 Å². The largest absolute Gasteiger partial charge is 0.273 e. The minimum Gasteiger partial charge on any atom is -0.273 e. The van der Waals surface area contributed by atoms with E-state index in [1.54, 1.807) is 10.9 Å². The Labute approximate surface area is 134 Å². The van der Waals surface area contributed by atoms with Crippen molar-refractivity contribution in [1.29, 1.82) is 0 Å². The van der Waals surface area contributed by atoms with Gasteiger partial charge >= 0.3 is 0 Å². The number of hydrogen-bond donors (Lipinski definition) is 1. The van der Waals surface area contributed by atoms with Gasteiger partial charge in [0.05, 0.1) is 17.0 Å². The second-order valence-corrected chi connectivity index (χ2v) is 7.24. The Kier molecular flexibility index (Phi) is 5.20. The minimum atomic E-state index is -3.50. The molecular weight excluding hydrogens is 329 g/mol. The van der Waals surface area contributed by atoms with E-state index in [0.29, 0.717) is 12.0 Å². The Morgan fingerprint density at radius 3 is 2.73 bits per heavy atom. The maximum atomic E-state index is 13.1. The first-order chi connectivity index (χ1) is 10.3. The number of halogens is 2. The molecule has 22 heavy (non-hydrogen) atoms. The predicted molar refractivity (Wildman–Crippen MR) is 83.7 cm³/mol. The third kappa shape index (κ3) is 4.28. The van der Waals surface area contributed by atoms with Gasteiger partial charge in [0.25, 0.3) is 0 Å². The number of aromatic nitrogens is 2. The van der Waals surface area contributed by atoms with Crippen molar-refractivity contribution in [3.05, 3.63) is 52.1 Å². The molecule has 0 unspecified atom stereocenters.